The molecule has 1 heterocycles. The number of likely N-dealkylation sites (N-methyl/N-ethyl adjacent to an activating group) is 1. The summed E-state index contributed by atoms with van der Waals surface area (Å²) in [4.78, 5) is 31.0. The molecule has 32 heavy (non-hydrogen) atoms. The molecule has 4 rings (SSSR count). The Balaban J connectivity index is 1.96. The van der Waals surface area contributed by atoms with Crippen LogP contribution >= 0.6 is 0 Å². The molecule has 162 valence electrons. The Kier molecular flexibility index (Phi) is 5.70. The molecule has 0 bridgehead atoms. The Labute approximate surface area is 189 Å². The molecule has 0 radical (unpaired) electrons. The fourth-order valence-electron chi connectivity index (χ4n) is 4.50. The number of para-hydroxylation sites is 1. The van der Waals surface area contributed by atoms with E-state index in [4.69, 9.17) is 0 Å². The lowest BCUT2D eigenvalue weighted by Gasteiger charge is -2.25. The second kappa shape index (κ2) is 8.46. The Bertz CT molecular complexity index is 1220. The van der Waals surface area contributed by atoms with Gasteiger partial charge in [0.15, 0.2) is 0 Å². The van der Waals surface area contributed by atoms with E-state index < -0.39 is 0 Å². The summed E-state index contributed by atoms with van der Waals surface area (Å²) in [6.07, 6.45) is 0. The highest BCUT2D eigenvalue weighted by molar-refractivity contribution is 6.46. The molecular formula is C28H28N2O2. The highest BCUT2D eigenvalue weighted by Crippen LogP contribution is 2.38. The van der Waals surface area contributed by atoms with Crippen LogP contribution in [0.2, 0.25) is 0 Å². The number of carbonyl (C=O) groups excluding carboxylic acids is 2. The lowest BCUT2D eigenvalue weighted by molar-refractivity contribution is -0.120. The molecule has 4 nitrogen and oxygen atoms in total. The van der Waals surface area contributed by atoms with Crippen LogP contribution in [0.3, 0.4) is 0 Å². The van der Waals surface area contributed by atoms with Crippen LogP contribution in [-0.2, 0) is 9.59 Å². The predicted molar refractivity (Wildman–Crippen MR) is 131 cm³/mol. The van der Waals surface area contributed by atoms with Gasteiger partial charge in [-0.1, -0.05) is 48.0 Å². The zero-order chi connectivity index (χ0) is 23.0. The van der Waals surface area contributed by atoms with Gasteiger partial charge in [-0.2, -0.15) is 0 Å². The highest BCUT2D eigenvalue weighted by atomic mass is 16.2. The van der Waals surface area contributed by atoms with Gasteiger partial charge in [-0.25, -0.2) is 4.90 Å². The van der Waals surface area contributed by atoms with Gasteiger partial charge in [0.25, 0.3) is 11.8 Å². The Morgan fingerprint density at radius 2 is 1.41 bits per heavy atom. The van der Waals surface area contributed by atoms with Crippen molar-refractivity contribution in [3.05, 3.63) is 100 Å². The molecule has 0 spiro atoms. The van der Waals surface area contributed by atoms with Gasteiger partial charge in [-0.05, 0) is 81.1 Å². The van der Waals surface area contributed by atoms with Crippen LogP contribution < -0.4 is 9.80 Å². The SMILES string of the molecule is CCN(C1=C(c2ccc(C)cc2C)C(=O)N(c2cc(C)cc(C)c2)C1=O)c1ccccc1. The van der Waals surface area contributed by atoms with Crippen molar-refractivity contribution < 1.29 is 9.59 Å². The molecule has 0 aliphatic carbocycles. The van der Waals surface area contributed by atoms with E-state index in [9.17, 15) is 9.59 Å². The van der Waals surface area contributed by atoms with Gasteiger partial charge in [-0.15, -0.1) is 0 Å². The van der Waals surface area contributed by atoms with Crippen LogP contribution in [0.25, 0.3) is 5.57 Å². The smallest absolute Gasteiger partial charge is 0.282 e. The van der Waals surface area contributed by atoms with Crippen molar-refractivity contribution >= 4 is 28.8 Å². The molecule has 1 aliphatic heterocycles. The molecule has 0 aromatic heterocycles. The number of amides is 2. The Morgan fingerprint density at radius 3 is 2.00 bits per heavy atom. The first-order chi connectivity index (χ1) is 15.3. The standard InChI is InChI=1S/C28H28N2O2/c1-6-29(22-10-8-7-9-11-22)26-25(24-13-12-18(2)15-21(24)5)27(31)30(28(26)32)23-16-19(3)14-20(4)17-23/h7-17H,6H2,1-5H3. The lowest BCUT2D eigenvalue weighted by Crippen LogP contribution is -2.35. The molecule has 3 aromatic carbocycles. The van der Waals surface area contributed by atoms with Gasteiger partial charge < -0.3 is 4.90 Å². The largest absolute Gasteiger partial charge is 0.337 e. The first kappa shape index (κ1) is 21.6. The number of hydrogen-bond acceptors (Lipinski definition) is 3. The van der Waals surface area contributed by atoms with E-state index in [0.717, 1.165) is 33.5 Å². The molecular weight excluding hydrogens is 396 g/mol. The van der Waals surface area contributed by atoms with Crippen molar-refractivity contribution in [3.63, 3.8) is 0 Å². The van der Waals surface area contributed by atoms with Crippen molar-refractivity contribution in [1.82, 2.24) is 0 Å². The van der Waals surface area contributed by atoms with Crippen molar-refractivity contribution in [3.8, 4) is 0 Å². The third-order valence-corrected chi connectivity index (χ3v) is 5.83. The summed E-state index contributed by atoms with van der Waals surface area (Å²) in [7, 11) is 0. The van der Waals surface area contributed by atoms with Crippen LogP contribution in [0.4, 0.5) is 11.4 Å². The van der Waals surface area contributed by atoms with Crippen molar-refractivity contribution in [1.29, 1.82) is 0 Å². The molecule has 3 aromatic rings. The first-order valence-electron chi connectivity index (χ1n) is 10.9. The van der Waals surface area contributed by atoms with Gasteiger partial charge >= 0.3 is 0 Å². The average Bonchev–Trinajstić information content (AvgIpc) is 2.99. The number of benzene rings is 3. The van der Waals surface area contributed by atoms with E-state index in [1.54, 1.807) is 0 Å². The number of rotatable bonds is 5. The van der Waals surface area contributed by atoms with E-state index in [1.165, 1.54) is 4.90 Å². The highest BCUT2D eigenvalue weighted by Gasteiger charge is 2.43. The van der Waals surface area contributed by atoms with Crippen LogP contribution in [-0.4, -0.2) is 18.4 Å². The molecule has 0 saturated carbocycles. The minimum absolute atomic E-state index is 0.281. The maximum atomic E-state index is 13.9. The topological polar surface area (TPSA) is 40.6 Å². The van der Waals surface area contributed by atoms with E-state index >= 15 is 0 Å². The van der Waals surface area contributed by atoms with Gasteiger partial charge in [0.2, 0.25) is 0 Å². The maximum Gasteiger partial charge on any atom is 0.282 e. The van der Waals surface area contributed by atoms with E-state index in [0.29, 0.717) is 23.5 Å². The summed E-state index contributed by atoms with van der Waals surface area (Å²) in [5.41, 5.74) is 7.29. The second-order valence-corrected chi connectivity index (χ2v) is 8.41. The number of imide groups is 1. The molecule has 2 amide bonds. The van der Waals surface area contributed by atoms with Crippen LogP contribution in [0, 0.1) is 27.7 Å². The van der Waals surface area contributed by atoms with Crippen molar-refractivity contribution in [2.24, 2.45) is 0 Å². The average molecular weight is 425 g/mol. The predicted octanol–water partition coefficient (Wildman–Crippen LogP) is 5.73. The number of carbonyl (C=O) groups is 2. The van der Waals surface area contributed by atoms with Crippen LogP contribution in [0.15, 0.2) is 72.4 Å². The lowest BCUT2D eigenvalue weighted by atomic mass is 9.97. The number of aryl methyl sites for hydroxylation is 4. The van der Waals surface area contributed by atoms with Crippen molar-refractivity contribution in [2.75, 3.05) is 16.3 Å². The van der Waals surface area contributed by atoms with E-state index in [1.807, 2.05) is 100 Å². The third kappa shape index (κ3) is 3.73. The molecule has 0 atom stereocenters. The number of anilines is 2. The summed E-state index contributed by atoms with van der Waals surface area (Å²) in [6.45, 7) is 10.5. The Morgan fingerprint density at radius 1 is 0.750 bits per heavy atom. The zero-order valence-electron chi connectivity index (χ0n) is 19.3. The molecule has 1 aliphatic rings. The summed E-state index contributed by atoms with van der Waals surface area (Å²) in [5, 5.41) is 0. The summed E-state index contributed by atoms with van der Waals surface area (Å²) < 4.78 is 0. The van der Waals surface area contributed by atoms with Gasteiger partial charge in [0, 0.05) is 12.2 Å². The fraction of sp³-hybridized carbons (Fsp3) is 0.214. The van der Waals surface area contributed by atoms with Gasteiger partial charge in [0.1, 0.15) is 5.70 Å². The van der Waals surface area contributed by atoms with Gasteiger partial charge in [0.05, 0.1) is 11.3 Å². The molecule has 0 unspecified atom stereocenters. The third-order valence-electron chi connectivity index (χ3n) is 5.83. The summed E-state index contributed by atoms with van der Waals surface area (Å²) >= 11 is 0. The maximum absolute atomic E-state index is 13.9. The zero-order valence-corrected chi connectivity index (χ0v) is 19.3. The van der Waals surface area contributed by atoms with E-state index in [2.05, 4.69) is 6.07 Å². The van der Waals surface area contributed by atoms with Crippen LogP contribution in [0.1, 0.15) is 34.7 Å². The summed E-state index contributed by atoms with van der Waals surface area (Å²) in [5.74, 6) is -0.572. The second-order valence-electron chi connectivity index (χ2n) is 8.41. The minimum atomic E-state index is -0.291. The van der Waals surface area contributed by atoms with Crippen molar-refractivity contribution in [2.45, 2.75) is 34.6 Å². The van der Waals surface area contributed by atoms with Crippen LogP contribution in [0.5, 0.6) is 0 Å². The number of nitrogens with zero attached hydrogens (tertiary/aromatic N) is 2. The molecule has 0 fully saturated rings. The molecule has 0 saturated heterocycles. The van der Waals surface area contributed by atoms with E-state index in [-0.39, 0.29) is 11.8 Å². The monoisotopic (exact) mass is 424 g/mol. The minimum Gasteiger partial charge on any atom is -0.337 e. The number of hydrogen-bond donors (Lipinski definition) is 0. The first-order valence-corrected chi connectivity index (χ1v) is 10.9. The quantitative estimate of drug-likeness (QED) is 0.491. The molecule has 4 heteroatoms. The van der Waals surface area contributed by atoms with Gasteiger partial charge in [-0.3, -0.25) is 9.59 Å². The molecule has 0 N–H and O–H groups in total. The Hall–Kier alpha value is -3.66. The normalized spacial score (nSPS) is 13.8. The summed E-state index contributed by atoms with van der Waals surface area (Å²) in [6, 6.07) is 21.6. The fourth-order valence-corrected chi connectivity index (χ4v) is 4.50.